The molecule has 0 spiro atoms. The van der Waals surface area contributed by atoms with Gasteiger partial charge in [0.05, 0.1) is 6.04 Å². The molecule has 1 unspecified atom stereocenters. The third kappa shape index (κ3) is 3.26. The molecule has 0 aliphatic heterocycles. The molecule has 0 fully saturated rings. The molecule has 0 saturated carbocycles. The van der Waals surface area contributed by atoms with Crippen molar-refractivity contribution in [3.05, 3.63) is 47.4 Å². The Bertz CT molecular complexity index is 593. The standard InChI is InChI=1S/C16H22N4/c1-10(2)16-18-11(3)9-15(20-16)19-12(4)13-7-5-6-8-14(13)17/h5-10,12H,17H2,1-4H3,(H,18,19,20). The van der Waals surface area contributed by atoms with Gasteiger partial charge in [0.25, 0.3) is 0 Å². The number of aryl methyl sites for hydroxylation is 1. The molecule has 0 radical (unpaired) electrons. The number of nitrogens with zero attached hydrogens (tertiary/aromatic N) is 2. The molecule has 4 nitrogen and oxygen atoms in total. The van der Waals surface area contributed by atoms with E-state index < -0.39 is 0 Å². The van der Waals surface area contributed by atoms with Crippen LogP contribution in [0.4, 0.5) is 11.5 Å². The monoisotopic (exact) mass is 270 g/mol. The molecule has 0 aliphatic rings. The number of anilines is 2. The minimum atomic E-state index is 0.102. The molecule has 3 N–H and O–H groups in total. The zero-order valence-corrected chi connectivity index (χ0v) is 12.5. The lowest BCUT2D eigenvalue weighted by Gasteiger charge is -2.18. The van der Waals surface area contributed by atoms with Gasteiger partial charge in [-0.1, -0.05) is 32.0 Å². The zero-order valence-electron chi connectivity index (χ0n) is 12.5. The van der Waals surface area contributed by atoms with E-state index in [4.69, 9.17) is 5.73 Å². The van der Waals surface area contributed by atoms with Crippen molar-refractivity contribution in [2.45, 2.75) is 39.7 Å². The van der Waals surface area contributed by atoms with Gasteiger partial charge in [-0.3, -0.25) is 0 Å². The van der Waals surface area contributed by atoms with Crippen molar-refractivity contribution in [2.24, 2.45) is 0 Å². The molecule has 1 heterocycles. The van der Waals surface area contributed by atoms with Crippen molar-refractivity contribution in [2.75, 3.05) is 11.1 Å². The van der Waals surface area contributed by atoms with Gasteiger partial charge in [-0.2, -0.15) is 0 Å². The summed E-state index contributed by atoms with van der Waals surface area (Å²) in [5.41, 5.74) is 8.85. The van der Waals surface area contributed by atoms with Crippen LogP contribution in [0, 0.1) is 6.92 Å². The van der Waals surface area contributed by atoms with Gasteiger partial charge in [0, 0.05) is 23.4 Å². The number of hydrogen-bond donors (Lipinski definition) is 2. The lowest BCUT2D eigenvalue weighted by atomic mass is 10.1. The first-order chi connectivity index (χ1) is 9.47. The van der Waals surface area contributed by atoms with Crippen molar-refractivity contribution < 1.29 is 0 Å². The highest BCUT2D eigenvalue weighted by atomic mass is 15.0. The summed E-state index contributed by atoms with van der Waals surface area (Å²) in [7, 11) is 0. The number of nitrogen functional groups attached to an aromatic ring is 1. The number of nitrogens with one attached hydrogen (secondary N) is 1. The average molecular weight is 270 g/mol. The first-order valence-corrected chi connectivity index (χ1v) is 6.94. The molecule has 0 bridgehead atoms. The SMILES string of the molecule is Cc1cc(NC(C)c2ccccc2N)nc(C(C)C)n1. The van der Waals surface area contributed by atoms with Crippen molar-refractivity contribution >= 4 is 11.5 Å². The fraction of sp³-hybridized carbons (Fsp3) is 0.375. The fourth-order valence-electron chi connectivity index (χ4n) is 2.13. The molecule has 0 aliphatic carbocycles. The van der Waals surface area contributed by atoms with Crippen LogP contribution in [0.3, 0.4) is 0 Å². The van der Waals surface area contributed by atoms with Gasteiger partial charge >= 0.3 is 0 Å². The third-order valence-corrected chi connectivity index (χ3v) is 3.21. The number of para-hydroxylation sites is 1. The highest BCUT2D eigenvalue weighted by molar-refractivity contribution is 5.51. The van der Waals surface area contributed by atoms with Gasteiger partial charge in [0.1, 0.15) is 11.6 Å². The molecule has 20 heavy (non-hydrogen) atoms. The first kappa shape index (κ1) is 14.3. The van der Waals surface area contributed by atoms with Gasteiger partial charge in [-0.25, -0.2) is 9.97 Å². The molecule has 106 valence electrons. The van der Waals surface area contributed by atoms with E-state index in [1.54, 1.807) is 0 Å². The average Bonchev–Trinajstić information content (AvgIpc) is 2.38. The molecule has 1 aromatic carbocycles. The molecular formula is C16H22N4. The van der Waals surface area contributed by atoms with E-state index in [0.29, 0.717) is 5.92 Å². The predicted octanol–water partition coefficient (Wildman–Crippen LogP) is 3.66. The molecule has 1 atom stereocenters. The van der Waals surface area contributed by atoms with E-state index >= 15 is 0 Å². The summed E-state index contributed by atoms with van der Waals surface area (Å²) in [5.74, 6) is 2.02. The quantitative estimate of drug-likeness (QED) is 0.832. The Balaban J connectivity index is 2.24. The summed E-state index contributed by atoms with van der Waals surface area (Å²) in [6.07, 6.45) is 0. The fourth-order valence-corrected chi connectivity index (χ4v) is 2.13. The van der Waals surface area contributed by atoms with E-state index in [1.807, 2.05) is 37.3 Å². The normalized spacial score (nSPS) is 12.4. The topological polar surface area (TPSA) is 63.8 Å². The highest BCUT2D eigenvalue weighted by Gasteiger charge is 2.11. The molecule has 0 amide bonds. The highest BCUT2D eigenvalue weighted by Crippen LogP contribution is 2.23. The van der Waals surface area contributed by atoms with E-state index in [1.165, 1.54) is 0 Å². The Labute approximate surface area is 120 Å². The maximum Gasteiger partial charge on any atom is 0.133 e. The van der Waals surface area contributed by atoms with Crippen LogP contribution in [-0.2, 0) is 0 Å². The summed E-state index contributed by atoms with van der Waals surface area (Å²) >= 11 is 0. The Kier molecular flexibility index (Phi) is 4.23. The molecule has 2 rings (SSSR count). The van der Waals surface area contributed by atoms with Gasteiger partial charge in [0.15, 0.2) is 0 Å². The zero-order chi connectivity index (χ0) is 14.7. The van der Waals surface area contributed by atoms with Crippen LogP contribution in [0.2, 0.25) is 0 Å². The van der Waals surface area contributed by atoms with Crippen LogP contribution >= 0.6 is 0 Å². The molecular weight excluding hydrogens is 248 g/mol. The van der Waals surface area contributed by atoms with Gasteiger partial charge in [-0.15, -0.1) is 0 Å². The van der Waals surface area contributed by atoms with Gasteiger partial charge in [0.2, 0.25) is 0 Å². The van der Waals surface area contributed by atoms with Crippen LogP contribution in [0.25, 0.3) is 0 Å². The first-order valence-electron chi connectivity index (χ1n) is 6.94. The van der Waals surface area contributed by atoms with Crippen molar-refractivity contribution in [3.63, 3.8) is 0 Å². The number of aromatic nitrogens is 2. The lowest BCUT2D eigenvalue weighted by molar-refractivity contribution is 0.761. The number of benzene rings is 1. The summed E-state index contributed by atoms with van der Waals surface area (Å²) in [6, 6.07) is 9.95. The second kappa shape index (κ2) is 5.90. The molecule has 1 aromatic heterocycles. The third-order valence-electron chi connectivity index (χ3n) is 3.21. The molecule has 2 aromatic rings. The van der Waals surface area contributed by atoms with Crippen LogP contribution in [0.15, 0.2) is 30.3 Å². The van der Waals surface area contributed by atoms with Crippen molar-refractivity contribution in [3.8, 4) is 0 Å². The van der Waals surface area contributed by atoms with Gasteiger partial charge < -0.3 is 11.1 Å². The second-order valence-corrected chi connectivity index (χ2v) is 5.40. The number of nitrogens with two attached hydrogens (primary N) is 1. The summed E-state index contributed by atoms with van der Waals surface area (Å²) < 4.78 is 0. The van der Waals surface area contributed by atoms with Crippen molar-refractivity contribution in [1.82, 2.24) is 9.97 Å². The Hall–Kier alpha value is -2.10. The molecule has 4 heteroatoms. The largest absolute Gasteiger partial charge is 0.398 e. The van der Waals surface area contributed by atoms with Crippen LogP contribution < -0.4 is 11.1 Å². The van der Waals surface area contributed by atoms with E-state index in [2.05, 4.69) is 36.1 Å². The van der Waals surface area contributed by atoms with E-state index in [9.17, 15) is 0 Å². The van der Waals surface area contributed by atoms with Crippen LogP contribution in [0.1, 0.15) is 49.8 Å². The Morgan fingerprint density at radius 3 is 2.45 bits per heavy atom. The van der Waals surface area contributed by atoms with Crippen LogP contribution in [0.5, 0.6) is 0 Å². The Morgan fingerprint density at radius 2 is 1.80 bits per heavy atom. The molecule has 0 saturated heterocycles. The van der Waals surface area contributed by atoms with Gasteiger partial charge in [-0.05, 0) is 25.5 Å². The second-order valence-electron chi connectivity index (χ2n) is 5.40. The Morgan fingerprint density at radius 1 is 1.10 bits per heavy atom. The van der Waals surface area contributed by atoms with Crippen LogP contribution in [-0.4, -0.2) is 9.97 Å². The van der Waals surface area contributed by atoms with E-state index in [-0.39, 0.29) is 6.04 Å². The maximum atomic E-state index is 6.01. The maximum absolute atomic E-state index is 6.01. The summed E-state index contributed by atoms with van der Waals surface area (Å²) in [5, 5.41) is 3.40. The minimum Gasteiger partial charge on any atom is -0.398 e. The number of hydrogen-bond acceptors (Lipinski definition) is 4. The van der Waals surface area contributed by atoms with Crippen molar-refractivity contribution in [1.29, 1.82) is 0 Å². The lowest BCUT2D eigenvalue weighted by Crippen LogP contribution is -2.12. The smallest absolute Gasteiger partial charge is 0.133 e. The number of rotatable bonds is 4. The van der Waals surface area contributed by atoms with E-state index in [0.717, 1.165) is 28.6 Å². The summed E-state index contributed by atoms with van der Waals surface area (Å²) in [4.78, 5) is 9.02. The predicted molar refractivity (Wildman–Crippen MR) is 83.8 cm³/mol. The summed E-state index contributed by atoms with van der Waals surface area (Å²) in [6.45, 7) is 8.26. The minimum absolute atomic E-state index is 0.102.